The average molecular weight is 434 g/mol. The number of rotatable bonds is 12. The largest absolute Gasteiger partial charge is 0.491 e. The number of unbranched alkanes of at least 4 members (excludes halogenated alkanes) is 2. The third-order valence-corrected chi connectivity index (χ3v) is 5.60. The average Bonchev–Trinajstić information content (AvgIpc) is 3.13. The van der Waals surface area contributed by atoms with E-state index in [1.54, 1.807) is 6.92 Å². The van der Waals surface area contributed by atoms with E-state index in [9.17, 15) is 4.79 Å². The fourth-order valence-corrected chi connectivity index (χ4v) is 3.84. The minimum absolute atomic E-state index is 0.0640. The van der Waals surface area contributed by atoms with Crippen LogP contribution >= 0.6 is 0 Å². The fourth-order valence-electron chi connectivity index (χ4n) is 3.84. The normalized spacial score (nSPS) is 11.1. The van der Waals surface area contributed by atoms with Crippen molar-refractivity contribution in [2.45, 2.75) is 58.9 Å². The van der Waals surface area contributed by atoms with Crippen LogP contribution in [0.25, 0.3) is 11.0 Å². The van der Waals surface area contributed by atoms with Crippen molar-refractivity contribution in [2.24, 2.45) is 0 Å². The van der Waals surface area contributed by atoms with Crippen LogP contribution in [0.4, 0.5) is 0 Å². The van der Waals surface area contributed by atoms with Crippen LogP contribution in [0.3, 0.4) is 0 Å². The van der Waals surface area contributed by atoms with Gasteiger partial charge >= 0.3 is 0 Å². The Morgan fingerprint density at radius 1 is 1.09 bits per heavy atom. The van der Waals surface area contributed by atoms with Crippen molar-refractivity contribution in [1.82, 2.24) is 14.9 Å². The van der Waals surface area contributed by atoms with Gasteiger partial charge in [0.15, 0.2) is 0 Å². The summed E-state index contributed by atoms with van der Waals surface area (Å²) in [6.45, 7) is 11.8. The maximum atomic E-state index is 11.6. The van der Waals surface area contributed by atoms with Gasteiger partial charge in [-0.15, -0.1) is 0 Å². The molecule has 2 aromatic carbocycles. The van der Waals surface area contributed by atoms with Crippen molar-refractivity contribution >= 4 is 16.9 Å². The molecule has 0 aliphatic rings. The lowest BCUT2D eigenvalue weighted by molar-refractivity contribution is -0.117. The Morgan fingerprint density at radius 2 is 1.84 bits per heavy atom. The summed E-state index contributed by atoms with van der Waals surface area (Å²) in [7, 11) is 0. The molecule has 0 radical (unpaired) electrons. The number of amides is 1. The molecule has 1 N–H and O–H groups in total. The number of hydrogen-bond donors (Lipinski definition) is 1. The summed E-state index contributed by atoms with van der Waals surface area (Å²) in [6, 6.07) is 16.6. The molecule has 3 aromatic rings. The van der Waals surface area contributed by atoms with Gasteiger partial charge in [-0.05, 0) is 49.4 Å². The predicted octanol–water partition coefficient (Wildman–Crippen LogP) is 5.64. The molecule has 0 fully saturated rings. The zero-order chi connectivity index (χ0) is 22.9. The number of carbonyl (C=O) groups excluding carboxylic acids is 1. The lowest BCUT2D eigenvalue weighted by Gasteiger charge is -2.15. The second-order valence-corrected chi connectivity index (χ2v) is 8.56. The summed E-state index contributed by atoms with van der Waals surface area (Å²) >= 11 is 0. The highest BCUT2D eigenvalue weighted by Gasteiger charge is 2.12. The van der Waals surface area contributed by atoms with Crippen LogP contribution in [-0.4, -0.2) is 28.6 Å². The molecule has 170 valence electrons. The first-order chi connectivity index (χ1) is 15.5. The molecule has 3 rings (SSSR count). The molecule has 0 aliphatic heterocycles. The van der Waals surface area contributed by atoms with Gasteiger partial charge in [0.05, 0.1) is 17.6 Å². The highest BCUT2D eigenvalue weighted by molar-refractivity contribution is 5.92. The highest BCUT2D eigenvalue weighted by atomic mass is 16.5. The van der Waals surface area contributed by atoms with E-state index in [1.807, 2.05) is 12.1 Å². The molecule has 0 atom stereocenters. The Labute approximate surface area is 191 Å². The third kappa shape index (κ3) is 6.22. The second-order valence-electron chi connectivity index (χ2n) is 8.56. The zero-order valence-corrected chi connectivity index (χ0v) is 19.6. The number of nitrogens with one attached hydrogen (secondary N) is 1. The Kier molecular flexibility index (Phi) is 8.48. The molecule has 0 bridgehead atoms. The van der Waals surface area contributed by atoms with E-state index in [1.165, 1.54) is 5.56 Å². The number of benzene rings is 2. The minimum atomic E-state index is -0.0640. The maximum absolute atomic E-state index is 11.6. The fraction of sp³-hybridized carbons (Fsp3) is 0.407. The van der Waals surface area contributed by atoms with Gasteiger partial charge in [0.25, 0.3) is 0 Å². The number of fused-ring (bicyclic) bond motifs is 1. The number of ether oxygens (including phenoxy) is 1. The van der Waals surface area contributed by atoms with E-state index in [-0.39, 0.29) is 5.91 Å². The van der Waals surface area contributed by atoms with Gasteiger partial charge in [-0.1, -0.05) is 57.2 Å². The van der Waals surface area contributed by atoms with Gasteiger partial charge in [0, 0.05) is 18.5 Å². The van der Waals surface area contributed by atoms with Crippen LogP contribution in [0.2, 0.25) is 0 Å². The number of hydrogen-bond acceptors (Lipinski definition) is 3. The molecule has 0 saturated heterocycles. The van der Waals surface area contributed by atoms with Crippen LogP contribution in [-0.2, 0) is 17.8 Å². The molecule has 1 heterocycles. The zero-order valence-electron chi connectivity index (χ0n) is 19.6. The molecule has 5 nitrogen and oxygen atoms in total. The van der Waals surface area contributed by atoms with Gasteiger partial charge in [-0.3, -0.25) is 4.79 Å². The Morgan fingerprint density at radius 3 is 2.62 bits per heavy atom. The van der Waals surface area contributed by atoms with Gasteiger partial charge in [0.1, 0.15) is 18.2 Å². The highest BCUT2D eigenvalue weighted by Crippen LogP contribution is 2.26. The molecule has 32 heavy (non-hydrogen) atoms. The quantitative estimate of drug-likeness (QED) is 0.297. The second kappa shape index (κ2) is 11.5. The molecule has 0 saturated carbocycles. The van der Waals surface area contributed by atoms with E-state index in [2.05, 4.69) is 66.7 Å². The van der Waals surface area contributed by atoms with Gasteiger partial charge in [-0.2, -0.15) is 0 Å². The topological polar surface area (TPSA) is 56.2 Å². The predicted molar refractivity (Wildman–Crippen MR) is 131 cm³/mol. The number of aryl methyl sites for hydroxylation is 1. The van der Waals surface area contributed by atoms with E-state index in [0.717, 1.165) is 54.8 Å². The Hall–Kier alpha value is -3.08. The molecule has 1 aromatic heterocycles. The summed E-state index contributed by atoms with van der Waals surface area (Å²) in [5, 5.41) is 2.89. The first kappa shape index (κ1) is 23.6. The molecule has 5 heteroatoms. The summed E-state index contributed by atoms with van der Waals surface area (Å²) < 4.78 is 8.47. The van der Waals surface area contributed by atoms with Crippen molar-refractivity contribution in [1.29, 1.82) is 0 Å². The first-order valence-electron chi connectivity index (χ1n) is 11.6. The third-order valence-electron chi connectivity index (χ3n) is 5.60. The van der Waals surface area contributed by atoms with Gasteiger partial charge in [-0.25, -0.2) is 4.98 Å². The lowest BCUT2D eigenvalue weighted by atomic mass is 10.0. The summed E-state index contributed by atoms with van der Waals surface area (Å²) in [6.07, 6.45) is 3.93. The molecule has 1 amide bonds. The van der Waals surface area contributed by atoms with Crippen LogP contribution < -0.4 is 10.1 Å². The van der Waals surface area contributed by atoms with Crippen LogP contribution in [0.1, 0.15) is 57.3 Å². The van der Waals surface area contributed by atoms with E-state index < -0.39 is 0 Å². The lowest BCUT2D eigenvalue weighted by Crippen LogP contribution is -2.24. The smallest absolute Gasteiger partial charge is 0.246 e. The molecule has 0 aliphatic carbocycles. The monoisotopic (exact) mass is 433 g/mol. The Bertz CT molecular complexity index is 1050. The van der Waals surface area contributed by atoms with Gasteiger partial charge < -0.3 is 14.6 Å². The van der Waals surface area contributed by atoms with E-state index in [4.69, 9.17) is 9.72 Å². The summed E-state index contributed by atoms with van der Waals surface area (Å²) in [5.41, 5.74) is 3.97. The van der Waals surface area contributed by atoms with Crippen molar-refractivity contribution in [3.8, 4) is 5.75 Å². The number of imidazole rings is 1. The van der Waals surface area contributed by atoms with Crippen LogP contribution in [0.15, 0.2) is 60.7 Å². The maximum Gasteiger partial charge on any atom is 0.246 e. The van der Waals surface area contributed by atoms with Gasteiger partial charge in [0.2, 0.25) is 5.91 Å². The van der Waals surface area contributed by atoms with E-state index in [0.29, 0.717) is 24.6 Å². The van der Waals surface area contributed by atoms with Crippen LogP contribution in [0, 0.1) is 0 Å². The van der Waals surface area contributed by atoms with Crippen molar-refractivity contribution < 1.29 is 9.53 Å². The number of para-hydroxylation sites is 3. The van der Waals surface area contributed by atoms with Crippen molar-refractivity contribution in [3.05, 3.63) is 72.1 Å². The van der Waals surface area contributed by atoms with Crippen molar-refractivity contribution in [2.75, 3.05) is 13.2 Å². The number of nitrogens with zero attached hydrogens (tertiary/aromatic N) is 2. The SMILES string of the molecule is C=C(C)C(=O)NCCCCCc1nc2ccccc2n1CCOc1ccccc1C(C)C. The Balaban J connectivity index is 1.58. The molecular formula is C27H35N3O2. The number of carbonyl (C=O) groups is 1. The van der Waals surface area contributed by atoms with E-state index >= 15 is 0 Å². The molecular weight excluding hydrogens is 398 g/mol. The van der Waals surface area contributed by atoms with Crippen molar-refractivity contribution in [3.63, 3.8) is 0 Å². The summed E-state index contributed by atoms with van der Waals surface area (Å²) in [5.74, 6) is 2.42. The summed E-state index contributed by atoms with van der Waals surface area (Å²) in [4.78, 5) is 16.4. The minimum Gasteiger partial charge on any atom is -0.491 e. The standard InChI is InChI=1S/C27H35N3O2/c1-20(2)22-12-7-10-15-25(22)32-19-18-30-24-14-9-8-13-23(24)29-26(30)16-6-5-11-17-28-27(31)21(3)4/h7-10,12-15,20H,3,5-6,11,16-19H2,1-2,4H3,(H,28,31). The number of aromatic nitrogens is 2. The molecule has 0 spiro atoms. The van der Waals surface area contributed by atoms with Crippen LogP contribution in [0.5, 0.6) is 5.75 Å². The molecule has 0 unspecified atom stereocenters. The first-order valence-corrected chi connectivity index (χ1v) is 11.6.